The van der Waals surface area contributed by atoms with Crippen LogP contribution in [0.4, 0.5) is 0 Å². The average molecular weight is 335 g/mol. The zero-order valence-electron chi connectivity index (χ0n) is 15.9. The molecule has 0 fully saturated rings. The molecule has 0 N–H and O–H groups in total. The summed E-state index contributed by atoms with van der Waals surface area (Å²) in [5.74, 6) is 0.533. The molecule has 3 nitrogen and oxygen atoms in total. The number of unbranched alkanes of at least 4 members (excludes halogenated alkanes) is 2. The monoisotopic (exact) mass is 334 g/mol. The molecule has 0 atom stereocenters. The molecular weight excluding hydrogens is 300 g/mol. The molecule has 0 aliphatic heterocycles. The smallest absolute Gasteiger partial charge is 0.338 e. The molecule has 0 aromatic heterocycles. The highest BCUT2D eigenvalue weighted by Crippen LogP contribution is 2.13. The molecule has 1 rings (SSSR count). The summed E-state index contributed by atoms with van der Waals surface area (Å²) in [6, 6.07) is 6.01. The second kappa shape index (κ2) is 12.1. The van der Waals surface area contributed by atoms with E-state index in [0.717, 1.165) is 31.8 Å². The summed E-state index contributed by atoms with van der Waals surface area (Å²) in [5.41, 5.74) is 3.01. The number of rotatable bonds is 12. The van der Waals surface area contributed by atoms with E-state index in [1.54, 1.807) is 0 Å². The molecule has 1 aromatic rings. The number of ether oxygens (including phenoxy) is 2. The van der Waals surface area contributed by atoms with Crippen LogP contribution >= 0.6 is 0 Å². The van der Waals surface area contributed by atoms with Crippen LogP contribution in [0.1, 0.15) is 74.9 Å². The molecule has 0 bridgehead atoms. The van der Waals surface area contributed by atoms with Crippen LogP contribution in [0.3, 0.4) is 0 Å². The Labute approximate surface area is 147 Å². The fraction of sp³-hybridized carbons (Fsp3) is 0.667. The summed E-state index contributed by atoms with van der Waals surface area (Å²) < 4.78 is 10.9. The Hall–Kier alpha value is -1.35. The lowest BCUT2D eigenvalue weighted by molar-refractivity contribution is 0.0312. The van der Waals surface area contributed by atoms with E-state index < -0.39 is 0 Å². The maximum absolute atomic E-state index is 12.1. The molecule has 0 heterocycles. The third-order valence-electron chi connectivity index (χ3n) is 4.14. The first kappa shape index (κ1) is 20.7. The summed E-state index contributed by atoms with van der Waals surface area (Å²) in [6.45, 7) is 10.3. The number of aryl methyl sites for hydroxylation is 2. The summed E-state index contributed by atoms with van der Waals surface area (Å²) >= 11 is 0. The molecule has 0 unspecified atom stereocenters. The third-order valence-corrected chi connectivity index (χ3v) is 4.14. The lowest BCUT2D eigenvalue weighted by Gasteiger charge is -2.09. The van der Waals surface area contributed by atoms with Crippen molar-refractivity contribution in [2.75, 3.05) is 19.8 Å². The molecule has 136 valence electrons. The van der Waals surface area contributed by atoms with Crippen LogP contribution in [0.15, 0.2) is 18.2 Å². The molecule has 0 saturated heterocycles. The van der Waals surface area contributed by atoms with E-state index in [2.05, 4.69) is 33.8 Å². The van der Waals surface area contributed by atoms with Gasteiger partial charge in [-0.2, -0.15) is 0 Å². The molecule has 0 aliphatic rings. The lowest BCUT2D eigenvalue weighted by atomic mass is 10.0. The second-order valence-electron chi connectivity index (χ2n) is 6.74. The van der Waals surface area contributed by atoms with Gasteiger partial charge >= 0.3 is 5.97 Å². The van der Waals surface area contributed by atoms with Crippen molar-refractivity contribution in [1.82, 2.24) is 0 Å². The van der Waals surface area contributed by atoms with Gasteiger partial charge in [-0.15, -0.1) is 0 Å². The minimum atomic E-state index is -0.250. The first-order valence-electron chi connectivity index (χ1n) is 9.44. The SMILES string of the molecule is CCc1cc(CC)cc(C(=O)OCCOCCCCCC(C)C)c1. The molecule has 3 heteroatoms. The van der Waals surface area contributed by atoms with E-state index in [1.807, 2.05) is 12.1 Å². The summed E-state index contributed by atoms with van der Waals surface area (Å²) in [5, 5.41) is 0. The molecular formula is C21H34O3. The van der Waals surface area contributed by atoms with Gasteiger partial charge in [-0.25, -0.2) is 4.79 Å². The van der Waals surface area contributed by atoms with Crippen molar-refractivity contribution >= 4 is 5.97 Å². The van der Waals surface area contributed by atoms with Crippen LogP contribution < -0.4 is 0 Å². The zero-order valence-corrected chi connectivity index (χ0v) is 15.9. The summed E-state index contributed by atoms with van der Waals surface area (Å²) in [7, 11) is 0. The van der Waals surface area contributed by atoms with Gasteiger partial charge in [0.2, 0.25) is 0 Å². The molecule has 0 aliphatic carbocycles. The third kappa shape index (κ3) is 8.49. The molecule has 0 saturated carbocycles. The van der Waals surface area contributed by atoms with E-state index in [-0.39, 0.29) is 5.97 Å². The predicted molar refractivity (Wildman–Crippen MR) is 99.6 cm³/mol. The highest BCUT2D eigenvalue weighted by Gasteiger charge is 2.09. The fourth-order valence-corrected chi connectivity index (χ4v) is 2.60. The second-order valence-corrected chi connectivity index (χ2v) is 6.74. The van der Waals surface area contributed by atoms with E-state index >= 15 is 0 Å². The van der Waals surface area contributed by atoms with E-state index in [4.69, 9.17) is 9.47 Å². The molecule has 1 aromatic carbocycles. The quantitative estimate of drug-likeness (QED) is 0.389. The van der Waals surface area contributed by atoms with Crippen molar-refractivity contribution < 1.29 is 14.3 Å². The topological polar surface area (TPSA) is 35.5 Å². The number of benzene rings is 1. The Kier molecular flexibility index (Phi) is 10.4. The molecule has 0 spiro atoms. The van der Waals surface area contributed by atoms with Crippen LogP contribution in [0.2, 0.25) is 0 Å². The predicted octanol–water partition coefficient (Wildman–Crippen LogP) is 5.20. The maximum atomic E-state index is 12.1. The van der Waals surface area contributed by atoms with Crippen molar-refractivity contribution in [2.45, 2.75) is 66.2 Å². The van der Waals surface area contributed by atoms with Crippen molar-refractivity contribution in [1.29, 1.82) is 0 Å². The lowest BCUT2D eigenvalue weighted by Crippen LogP contribution is -2.12. The minimum absolute atomic E-state index is 0.250. The average Bonchev–Trinajstić information content (AvgIpc) is 2.59. The zero-order chi connectivity index (χ0) is 17.8. The van der Waals surface area contributed by atoms with Crippen molar-refractivity contribution in [3.8, 4) is 0 Å². The first-order chi connectivity index (χ1) is 11.6. The van der Waals surface area contributed by atoms with Gasteiger partial charge < -0.3 is 9.47 Å². The fourth-order valence-electron chi connectivity index (χ4n) is 2.60. The standard InChI is InChI=1S/C21H34O3/c1-5-18-14-19(6-2)16-20(15-18)21(22)24-13-12-23-11-9-7-8-10-17(3)4/h14-17H,5-13H2,1-4H3. The van der Waals surface area contributed by atoms with Crippen molar-refractivity contribution in [2.24, 2.45) is 5.92 Å². The van der Waals surface area contributed by atoms with Crippen molar-refractivity contribution in [3.63, 3.8) is 0 Å². The number of hydrogen-bond donors (Lipinski definition) is 0. The van der Waals surface area contributed by atoms with Crippen LogP contribution in [0, 0.1) is 5.92 Å². The largest absolute Gasteiger partial charge is 0.460 e. The van der Waals surface area contributed by atoms with Gasteiger partial charge in [0.1, 0.15) is 6.61 Å². The molecule has 0 amide bonds. The van der Waals surface area contributed by atoms with Gasteiger partial charge in [-0.3, -0.25) is 0 Å². The molecule has 0 radical (unpaired) electrons. The summed E-state index contributed by atoms with van der Waals surface area (Å²) in [4.78, 5) is 12.1. The Morgan fingerprint density at radius 2 is 1.58 bits per heavy atom. The van der Waals surface area contributed by atoms with E-state index in [0.29, 0.717) is 18.8 Å². The minimum Gasteiger partial charge on any atom is -0.460 e. The Balaban J connectivity index is 2.20. The van der Waals surface area contributed by atoms with Crippen LogP contribution in [0.25, 0.3) is 0 Å². The van der Waals surface area contributed by atoms with Gasteiger partial charge in [-0.1, -0.05) is 53.0 Å². The Morgan fingerprint density at radius 1 is 0.917 bits per heavy atom. The number of carbonyl (C=O) groups excluding carboxylic acids is 1. The number of esters is 1. The highest BCUT2D eigenvalue weighted by molar-refractivity contribution is 5.89. The van der Waals surface area contributed by atoms with Crippen LogP contribution in [-0.2, 0) is 22.3 Å². The van der Waals surface area contributed by atoms with Crippen LogP contribution in [0.5, 0.6) is 0 Å². The Morgan fingerprint density at radius 3 is 2.17 bits per heavy atom. The van der Waals surface area contributed by atoms with Gasteiger partial charge in [0.25, 0.3) is 0 Å². The first-order valence-corrected chi connectivity index (χ1v) is 9.44. The van der Waals surface area contributed by atoms with Gasteiger partial charge in [-0.05, 0) is 48.4 Å². The maximum Gasteiger partial charge on any atom is 0.338 e. The van der Waals surface area contributed by atoms with Gasteiger partial charge in [0.15, 0.2) is 0 Å². The number of hydrogen-bond acceptors (Lipinski definition) is 3. The van der Waals surface area contributed by atoms with Crippen molar-refractivity contribution in [3.05, 3.63) is 34.9 Å². The van der Waals surface area contributed by atoms with Gasteiger partial charge in [0, 0.05) is 6.61 Å². The normalized spacial score (nSPS) is 11.0. The molecule has 24 heavy (non-hydrogen) atoms. The van der Waals surface area contributed by atoms with E-state index in [9.17, 15) is 4.79 Å². The van der Waals surface area contributed by atoms with E-state index in [1.165, 1.54) is 30.4 Å². The number of carbonyl (C=O) groups is 1. The van der Waals surface area contributed by atoms with Crippen LogP contribution in [-0.4, -0.2) is 25.8 Å². The Bertz CT molecular complexity index is 458. The summed E-state index contributed by atoms with van der Waals surface area (Å²) in [6.07, 6.45) is 6.69. The highest BCUT2D eigenvalue weighted by atomic mass is 16.6. The van der Waals surface area contributed by atoms with Gasteiger partial charge in [0.05, 0.1) is 12.2 Å².